The number of benzene rings is 2. The van der Waals surface area contributed by atoms with Gasteiger partial charge in [-0.15, -0.1) is 11.3 Å². The number of piperidine rings is 1. The van der Waals surface area contributed by atoms with E-state index in [1.165, 1.54) is 11.3 Å². The molecule has 5 nitrogen and oxygen atoms in total. The number of anilines is 1. The first kappa shape index (κ1) is 22.1. The average molecular weight is 495 g/mol. The lowest BCUT2D eigenvalue weighted by Gasteiger charge is -2.31. The molecular formula is C22H18Cl3N3O2S. The van der Waals surface area contributed by atoms with Crippen LogP contribution in [0.15, 0.2) is 47.8 Å². The lowest BCUT2D eigenvalue weighted by atomic mass is 9.95. The minimum atomic E-state index is -0.170. The number of thiazole rings is 1. The normalized spacial score (nSPS) is 14.5. The fraction of sp³-hybridized carbons (Fsp3) is 0.227. The maximum absolute atomic E-state index is 12.7. The first-order chi connectivity index (χ1) is 14.9. The molecule has 0 unspecified atom stereocenters. The Morgan fingerprint density at radius 2 is 1.68 bits per heavy atom. The van der Waals surface area contributed by atoms with Crippen LogP contribution in [0.3, 0.4) is 0 Å². The molecule has 0 aliphatic carbocycles. The van der Waals surface area contributed by atoms with Gasteiger partial charge in [0.25, 0.3) is 5.91 Å². The van der Waals surface area contributed by atoms with Gasteiger partial charge in [-0.25, -0.2) is 4.98 Å². The highest BCUT2D eigenvalue weighted by molar-refractivity contribution is 7.14. The first-order valence-electron chi connectivity index (χ1n) is 9.67. The Labute approximate surface area is 198 Å². The van der Waals surface area contributed by atoms with Crippen LogP contribution in [0.4, 0.5) is 5.13 Å². The number of nitrogens with zero attached hydrogens (tertiary/aromatic N) is 2. The van der Waals surface area contributed by atoms with Crippen molar-refractivity contribution < 1.29 is 9.59 Å². The van der Waals surface area contributed by atoms with Gasteiger partial charge in [0.15, 0.2) is 5.13 Å². The number of hydrogen-bond acceptors (Lipinski definition) is 4. The zero-order chi connectivity index (χ0) is 22.0. The van der Waals surface area contributed by atoms with Gasteiger partial charge in [0, 0.05) is 45.6 Å². The van der Waals surface area contributed by atoms with Gasteiger partial charge in [-0.3, -0.25) is 9.59 Å². The van der Waals surface area contributed by atoms with E-state index in [4.69, 9.17) is 34.8 Å². The van der Waals surface area contributed by atoms with Crippen LogP contribution in [-0.4, -0.2) is 34.8 Å². The zero-order valence-electron chi connectivity index (χ0n) is 16.3. The molecule has 0 radical (unpaired) electrons. The van der Waals surface area contributed by atoms with Crippen molar-refractivity contribution in [2.24, 2.45) is 5.92 Å². The van der Waals surface area contributed by atoms with E-state index in [1.54, 1.807) is 47.4 Å². The molecule has 0 saturated carbocycles. The molecule has 31 heavy (non-hydrogen) atoms. The zero-order valence-corrected chi connectivity index (χ0v) is 19.4. The van der Waals surface area contributed by atoms with Gasteiger partial charge in [0.2, 0.25) is 5.91 Å². The van der Waals surface area contributed by atoms with Crippen LogP contribution in [0.1, 0.15) is 23.2 Å². The average Bonchev–Trinajstić information content (AvgIpc) is 3.23. The first-order valence-corrected chi connectivity index (χ1v) is 11.7. The van der Waals surface area contributed by atoms with E-state index in [2.05, 4.69) is 10.3 Å². The van der Waals surface area contributed by atoms with E-state index in [-0.39, 0.29) is 17.7 Å². The molecule has 1 aliphatic heterocycles. The lowest BCUT2D eigenvalue weighted by Crippen LogP contribution is -2.41. The molecular weight excluding hydrogens is 477 g/mol. The van der Waals surface area contributed by atoms with Crippen LogP contribution in [0, 0.1) is 5.92 Å². The van der Waals surface area contributed by atoms with Gasteiger partial charge < -0.3 is 10.2 Å². The molecule has 2 aromatic carbocycles. The van der Waals surface area contributed by atoms with Crippen molar-refractivity contribution >= 4 is 63.1 Å². The summed E-state index contributed by atoms with van der Waals surface area (Å²) in [5.74, 6) is -0.299. The molecule has 2 heterocycles. The van der Waals surface area contributed by atoms with Crippen LogP contribution in [-0.2, 0) is 4.79 Å². The predicted molar refractivity (Wildman–Crippen MR) is 126 cm³/mol. The van der Waals surface area contributed by atoms with Gasteiger partial charge in [0.05, 0.1) is 10.7 Å². The standard InChI is InChI=1S/C22H18Cl3N3O2S/c23-15-3-1-14(2-4-15)21(30)28-9-7-13(8-10-28)20(29)27-22-26-19(12-31-22)17-11-16(24)5-6-18(17)25/h1-6,11-13H,7-10H2,(H,26,27,29). The predicted octanol–water partition coefficient (Wildman–Crippen LogP) is 6.26. The molecule has 9 heteroatoms. The Kier molecular flexibility index (Phi) is 6.82. The number of hydrogen-bond donors (Lipinski definition) is 1. The van der Waals surface area contributed by atoms with Crippen molar-refractivity contribution in [3.63, 3.8) is 0 Å². The summed E-state index contributed by atoms with van der Waals surface area (Å²) in [6.45, 7) is 1.06. The molecule has 1 saturated heterocycles. The number of amides is 2. The molecule has 0 spiro atoms. The smallest absolute Gasteiger partial charge is 0.253 e. The van der Waals surface area contributed by atoms with Crippen LogP contribution in [0.2, 0.25) is 15.1 Å². The number of likely N-dealkylation sites (tertiary alicyclic amines) is 1. The molecule has 2 amide bonds. The van der Waals surface area contributed by atoms with Gasteiger partial charge >= 0.3 is 0 Å². The highest BCUT2D eigenvalue weighted by Gasteiger charge is 2.28. The Balaban J connectivity index is 1.34. The molecule has 1 fully saturated rings. The molecule has 160 valence electrons. The molecule has 1 N–H and O–H groups in total. The van der Waals surface area contributed by atoms with E-state index in [9.17, 15) is 9.59 Å². The van der Waals surface area contributed by atoms with Crippen molar-refractivity contribution in [3.05, 3.63) is 68.5 Å². The topological polar surface area (TPSA) is 62.3 Å². The van der Waals surface area contributed by atoms with Crippen LogP contribution < -0.4 is 5.32 Å². The second-order valence-corrected chi connectivity index (χ2v) is 9.36. The van der Waals surface area contributed by atoms with Crippen molar-refractivity contribution in [2.75, 3.05) is 18.4 Å². The Bertz CT molecular complexity index is 1110. The summed E-state index contributed by atoms with van der Waals surface area (Å²) in [4.78, 5) is 31.6. The number of halogens is 3. The highest BCUT2D eigenvalue weighted by atomic mass is 35.5. The number of carbonyl (C=O) groups excluding carboxylic acids is 2. The molecule has 0 atom stereocenters. The molecule has 0 bridgehead atoms. The second-order valence-electron chi connectivity index (χ2n) is 7.22. The van der Waals surface area contributed by atoms with Crippen LogP contribution >= 0.6 is 46.1 Å². The summed E-state index contributed by atoms with van der Waals surface area (Å²) >= 11 is 19.5. The number of nitrogens with one attached hydrogen (secondary N) is 1. The monoisotopic (exact) mass is 493 g/mol. The maximum Gasteiger partial charge on any atom is 0.253 e. The van der Waals surface area contributed by atoms with Gasteiger partial charge in [-0.1, -0.05) is 34.8 Å². The summed E-state index contributed by atoms with van der Waals surface area (Å²) in [6.07, 6.45) is 1.20. The maximum atomic E-state index is 12.7. The summed E-state index contributed by atoms with van der Waals surface area (Å²) in [7, 11) is 0. The van der Waals surface area contributed by atoms with Crippen molar-refractivity contribution in [2.45, 2.75) is 12.8 Å². The third kappa shape index (κ3) is 5.21. The minimum absolute atomic E-state index is 0.0431. The van der Waals surface area contributed by atoms with Crippen LogP contribution in [0.5, 0.6) is 0 Å². The van der Waals surface area contributed by atoms with Crippen molar-refractivity contribution in [3.8, 4) is 11.3 Å². The number of aromatic nitrogens is 1. The van der Waals surface area contributed by atoms with E-state index >= 15 is 0 Å². The molecule has 3 aromatic rings. The summed E-state index contributed by atoms with van der Waals surface area (Å²) in [5, 5.41) is 6.94. The number of carbonyl (C=O) groups is 2. The Morgan fingerprint density at radius 1 is 1.00 bits per heavy atom. The van der Waals surface area contributed by atoms with Gasteiger partial charge in [-0.2, -0.15) is 0 Å². The van der Waals surface area contributed by atoms with Crippen molar-refractivity contribution in [1.29, 1.82) is 0 Å². The Hall–Kier alpha value is -2.12. The lowest BCUT2D eigenvalue weighted by molar-refractivity contribution is -0.121. The van der Waals surface area contributed by atoms with Crippen LogP contribution in [0.25, 0.3) is 11.3 Å². The van der Waals surface area contributed by atoms with E-state index in [0.29, 0.717) is 57.4 Å². The molecule has 4 rings (SSSR count). The van der Waals surface area contributed by atoms with E-state index in [1.807, 2.05) is 5.38 Å². The Morgan fingerprint density at radius 3 is 2.39 bits per heavy atom. The summed E-state index contributed by atoms with van der Waals surface area (Å²) in [6, 6.07) is 12.0. The highest BCUT2D eigenvalue weighted by Crippen LogP contribution is 2.33. The summed E-state index contributed by atoms with van der Waals surface area (Å²) in [5.41, 5.74) is 1.98. The fourth-order valence-corrected chi connectivity index (χ4v) is 4.70. The number of rotatable bonds is 4. The minimum Gasteiger partial charge on any atom is -0.339 e. The fourth-order valence-electron chi connectivity index (χ4n) is 3.48. The summed E-state index contributed by atoms with van der Waals surface area (Å²) < 4.78 is 0. The van der Waals surface area contributed by atoms with Gasteiger partial charge in [-0.05, 0) is 55.3 Å². The SMILES string of the molecule is O=C(Nc1nc(-c2cc(Cl)ccc2Cl)cs1)C1CCN(C(=O)c2ccc(Cl)cc2)CC1. The molecule has 1 aromatic heterocycles. The third-order valence-corrected chi connectivity index (χ3v) is 6.76. The molecule has 1 aliphatic rings. The quantitative estimate of drug-likeness (QED) is 0.465. The second kappa shape index (κ2) is 9.57. The van der Waals surface area contributed by atoms with Gasteiger partial charge in [0.1, 0.15) is 0 Å². The van der Waals surface area contributed by atoms with E-state index in [0.717, 1.165) is 5.56 Å². The largest absolute Gasteiger partial charge is 0.339 e. The third-order valence-electron chi connectivity index (χ3n) is 5.18. The van der Waals surface area contributed by atoms with Crippen molar-refractivity contribution in [1.82, 2.24) is 9.88 Å². The van der Waals surface area contributed by atoms with E-state index < -0.39 is 0 Å².